The van der Waals surface area contributed by atoms with Gasteiger partial charge in [-0.2, -0.15) is 0 Å². The number of nitrogens with zero attached hydrogens (tertiary/aromatic N) is 3. The van der Waals surface area contributed by atoms with Crippen molar-refractivity contribution in [3.8, 4) is 0 Å². The van der Waals surface area contributed by atoms with Gasteiger partial charge in [0.15, 0.2) is 0 Å². The van der Waals surface area contributed by atoms with Crippen LogP contribution in [0.2, 0.25) is 0 Å². The molecule has 0 aromatic heterocycles. The molecule has 6 heteroatoms. The molecule has 24 heavy (non-hydrogen) atoms. The van der Waals surface area contributed by atoms with Gasteiger partial charge in [0.25, 0.3) is 0 Å². The summed E-state index contributed by atoms with van der Waals surface area (Å²) < 4.78 is 0. The van der Waals surface area contributed by atoms with E-state index in [9.17, 15) is 15.3 Å². The van der Waals surface area contributed by atoms with Gasteiger partial charge in [-0.25, -0.2) is 0 Å². The average molecular weight is 346 g/mol. The fraction of sp³-hybridized carbons (Fsp3) is 1.00. The first-order valence-corrected chi connectivity index (χ1v) is 9.58. The van der Waals surface area contributed by atoms with Crippen LogP contribution in [0.3, 0.4) is 0 Å². The van der Waals surface area contributed by atoms with Gasteiger partial charge in [-0.15, -0.1) is 0 Å². The highest BCUT2D eigenvalue weighted by atomic mass is 16.3. The zero-order chi connectivity index (χ0) is 17.9. The SMILES string of the molecule is C[C@H](O)CN1CCCN(C[C@H](C)O)CCCN(C[C@H](C)O)CCC1. The molecule has 0 unspecified atom stereocenters. The lowest BCUT2D eigenvalue weighted by atomic mass is 10.2. The minimum Gasteiger partial charge on any atom is -0.392 e. The number of aliphatic hydroxyl groups excluding tert-OH is 3. The molecule has 0 amide bonds. The predicted molar refractivity (Wildman–Crippen MR) is 98.2 cm³/mol. The molecule has 0 aromatic carbocycles. The van der Waals surface area contributed by atoms with Crippen LogP contribution in [-0.2, 0) is 0 Å². The van der Waals surface area contributed by atoms with Crippen molar-refractivity contribution in [1.29, 1.82) is 0 Å². The van der Waals surface area contributed by atoms with Crippen molar-refractivity contribution in [3.05, 3.63) is 0 Å². The van der Waals surface area contributed by atoms with Gasteiger partial charge in [-0.05, 0) is 79.3 Å². The number of hydrogen-bond acceptors (Lipinski definition) is 6. The summed E-state index contributed by atoms with van der Waals surface area (Å²) in [5.74, 6) is 0. The second-order valence-electron chi connectivity index (χ2n) is 7.51. The van der Waals surface area contributed by atoms with Crippen molar-refractivity contribution in [1.82, 2.24) is 14.7 Å². The molecule has 0 aromatic rings. The summed E-state index contributed by atoms with van der Waals surface area (Å²) in [6.45, 7) is 13.6. The van der Waals surface area contributed by atoms with Crippen molar-refractivity contribution in [2.24, 2.45) is 0 Å². The Hall–Kier alpha value is -0.240. The van der Waals surface area contributed by atoms with Gasteiger partial charge >= 0.3 is 0 Å². The fourth-order valence-electron chi connectivity index (χ4n) is 3.56. The minimum absolute atomic E-state index is 0.306. The van der Waals surface area contributed by atoms with Crippen LogP contribution in [0.1, 0.15) is 40.0 Å². The fourth-order valence-corrected chi connectivity index (χ4v) is 3.56. The quantitative estimate of drug-likeness (QED) is 0.640. The van der Waals surface area contributed by atoms with Crippen LogP contribution in [0, 0.1) is 0 Å². The Labute approximate surface area is 148 Å². The van der Waals surface area contributed by atoms with E-state index in [1.54, 1.807) is 0 Å². The number of rotatable bonds is 6. The third kappa shape index (κ3) is 10.6. The lowest BCUT2D eigenvalue weighted by molar-refractivity contribution is 0.0901. The van der Waals surface area contributed by atoms with Crippen LogP contribution in [0.25, 0.3) is 0 Å². The molecule has 0 bridgehead atoms. The first-order valence-electron chi connectivity index (χ1n) is 9.58. The summed E-state index contributed by atoms with van der Waals surface area (Å²) in [5.41, 5.74) is 0. The van der Waals surface area contributed by atoms with Gasteiger partial charge in [-0.3, -0.25) is 0 Å². The summed E-state index contributed by atoms with van der Waals surface area (Å²) in [4.78, 5) is 7.02. The first-order chi connectivity index (χ1) is 11.4. The van der Waals surface area contributed by atoms with Crippen LogP contribution in [-0.4, -0.2) is 107 Å². The van der Waals surface area contributed by atoms with E-state index in [-0.39, 0.29) is 18.3 Å². The van der Waals surface area contributed by atoms with E-state index in [2.05, 4.69) is 14.7 Å². The molecule has 1 saturated heterocycles. The summed E-state index contributed by atoms with van der Waals surface area (Å²) in [6, 6.07) is 0. The topological polar surface area (TPSA) is 70.4 Å². The Balaban J connectivity index is 2.62. The Morgan fingerprint density at radius 2 is 0.750 bits per heavy atom. The van der Waals surface area contributed by atoms with Crippen LogP contribution in [0.5, 0.6) is 0 Å². The summed E-state index contributed by atoms with van der Waals surface area (Å²) >= 11 is 0. The van der Waals surface area contributed by atoms with Gasteiger partial charge in [0.1, 0.15) is 0 Å². The molecule has 1 aliphatic rings. The van der Waals surface area contributed by atoms with E-state index in [1.807, 2.05) is 20.8 Å². The molecular weight excluding hydrogens is 306 g/mol. The zero-order valence-corrected chi connectivity index (χ0v) is 15.9. The molecule has 6 nitrogen and oxygen atoms in total. The lowest BCUT2D eigenvalue weighted by Crippen LogP contribution is -2.41. The highest BCUT2D eigenvalue weighted by Gasteiger charge is 2.15. The van der Waals surface area contributed by atoms with E-state index in [0.29, 0.717) is 19.6 Å². The summed E-state index contributed by atoms with van der Waals surface area (Å²) in [6.07, 6.45) is 2.28. The molecule has 0 aliphatic carbocycles. The zero-order valence-electron chi connectivity index (χ0n) is 15.9. The summed E-state index contributed by atoms with van der Waals surface area (Å²) in [5, 5.41) is 29.1. The molecule has 1 heterocycles. The number of β-amino-alcohol motifs (C(OH)–C–C–N with tert-alkyl or cyclic N) is 3. The standard InChI is InChI=1S/C18H39N3O3/c1-16(22)13-19-7-4-9-20(14-17(2)23)11-6-12-21(10-5-8-19)15-18(3)24/h16-18,22-24H,4-15H2,1-3H3/t16-,17-,18-/m0/s1. The Kier molecular flexibility index (Phi) is 11.1. The smallest absolute Gasteiger partial charge is 0.0639 e. The van der Waals surface area contributed by atoms with Gasteiger partial charge in [-0.1, -0.05) is 0 Å². The van der Waals surface area contributed by atoms with Crippen molar-refractivity contribution in [2.75, 3.05) is 58.9 Å². The van der Waals surface area contributed by atoms with Gasteiger partial charge in [0.2, 0.25) is 0 Å². The van der Waals surface area contributed by atoms with Crippen molar-refractivity contribution in [2.45, 2.75) is 58.3 Å². The second-order valence-corrected chi connectivity index (χ2v) is 7.51. The maximum absolute atomic E-state index is 9.71. The van der Waals surface area contributed by atoms with Crippen molar-refractivity contribution < 1.29 is 15.3 Å². The molecular formula is C18H39N3O3. The van der Waals surface area contributed by atoms with E-state index in [0.717, 1.165) is 58.5 Å². The maximum atomic E-state index is 9.71. The van der Waals surface area contributed by atoms with Crippen molar-refractivity contribution >= 4 is 0 Å². The highest BCUT2D eigenvalue weighted by Crippen LogP contribution is 2.06. The van der Waals surface area contributed by atoms with E-state index in [1.165, 1.54) is 0 Å². The first kappa shape index (κ1) is 21.8. The largest absolute Gasteiger partial charge is 0.392 e. The third-order valence-corrected chi connectivity index (χ3v) is 4.41. The molecule has 1 aliphatic heterocycles. The van der Waals surface area contributed by atoms with Gasteiger partial charge < -0.3 is 30.0 Å². The lowest BCUT2D eigenvalue weighted by Gasteiger charge is -2.31. The molecule has 0 spiro atoms. The van der Waals surface area contributed by atoms with Crippen LogP contribution in [0.4, 0.5) is 0 Å². The van der Waals surface area contributed by atoms with Crippen molar-refractivity contribution in [3.63, 3.8) is 0 Å². The van der Waals surface area contributed by atoms with Crippen LogP contribution >= 0.6 is 0 Å². The molecule has 1 rings (SSSR count). The third-order valence-electron chi connectivity index (χ3n) is 4.41. The molecule has 0 radical (unpaired) electrons. The Bertz CT molecular complexity index is 254. The maximum Gasteiger partial charge on any atom is 0.0639 e. The highest BCUT2D eigenvalue weighted by molar-refractivity contribution is 4.71. The second kappa shape index (κ2) is 12.2. The van der Waals surface area contributed by atoms with Gasteiger partial charge in [0.05, 0.1) is 18.3 Å². The average Bonchev–Trinajstić information content (AvgIpc) is 2.43. The Morgan fingerprint density at radius 3 is 0.917 bits per heavy atom. The van der Waals surface area contributed by atoms with Crippen LogP contribution in [0.15, 0.2) is 0 Å². The van der Waals surface area contributed by atoms with E-state index in [4.69, 9.17) is 0 Å². The number of hydrogen-bond donors (Lipinski definition) is 3. The predicted octanol–water partition coefficient (Wildman–Crippen LogP) is 0.219. The van der Waals surface area contributed by atoms with Crippen LogP contribution < -0.4 is 0 Å². The van der Waals surface area contributed by atoms with E-state index < -0.39 is 0 Å². The van der Waals surface area contributed by atoms with E-state index >= 15 is 0 Å². The monoisotopic (exact) mass is 345 g/mol. The Morgan fingerprint density at radius 1 is 0.542 bits per heavy atom. The minimum atomic E-state index is -0.306. The summed E-state index contributed by atoms with van der Waals surface area (Å²) in [7, 11) is 0. The molecule has 0 saturated carbocycles. The molecule has 3 N–H and O–H groups in total. The molecule has 3 atom stereocenters. The normalized spacial score (nSPS) is 24.8. The molecule has 1 fully saturated rings. The number of aliphatic hydroxyl groups is 3. The van der Waals surface area contributed by atoms with Gasteiger partial charge in [0, 0.05) is 19.6 Å². The molecule has 144 valence electrons.